The van der Waals surface area contributed by atoms with Crippen LogP contribution in [0.5, 0.6) is 0 Å². The summed E-state index contributed by atoms with van der Waals surface area (Å²) in [6.07, 6.45) is 2.82. The molecule has 0 bridgehead atoms. The molecule has 0 saturated heterocycles. The molecule has 7 heteroatoms. The third-order valence-electron chi connectivity index (χ3n) is 4.30. The molecule has 132 valence electrons. The molecule has 0 spiro atoms. The van der Waals surface area contributed by atoms with Crippen molar-refractivity contribution in [3.8, 4) is 11.3 Å². The van der Waals surface area contributed by atoms with Crippen LogP contribution in [-0.2, 0) is 6.54 Å². The highest BCUT2D eigenvalue weighted by Crippen LogP contribution is 2.23. The van der Waals surface area contributed by atoms with Crippen molar-refractivity contribution in [3.05, 3.63) is 30.5 Å². The Hall–Kier alpha value is -2.54. The van der Waals surface area contributed by atoms with Crippen molar-refractivity contribution in [1.29, 1.82) is 0 Å². The molecule has 0 radical (unpaired) electrons. The quantitative estimate of drug-likeness (QED) is 0.687. The Morgan fingerprint density at radius 1 is 1.24 bits per heavy atom. The van der Waals surface area contributed by atoms with Gasteiger partial charge in [0.15, 0.2) is 0 Å². The molecule has 3 rings (SSSR count). The number of anilines is 1. The second kappa shape index (κ2) is 7.57. The smallest absolute Gasteiger partial charge is 0.223 e. The number of aliphatic hydroxyl groups excluding tert-OH is 1. The largest absolute Gasteiger partial charge is 0.394 e. The van der Waals surface area contributed by atoms with E-state index >= 15 is 0 Å². The van der Waals surface area contributed by atoms with Gasteiger partial charge in [-0.1, -0.05) is 31.5 Å². The predicted octanol–water partition coefficient (Wildman–Crippen LogP) is 2.73. The first-order valence-electron chi connectivity index (χ1n) is 8.64. The van der Waals surface area contributed by atoms with Crippen LogP contribution in [0, 0.1) is 5.92 Å². The van der Waals surface area contributed by atoms with Gasteiger partial charge in [-0.15, -0.1) is 5.10 Å². The molecule has 2 N–H and O–H groups in total. The number of nitrogens with one attached hydrogen (secondary N) is 1. The number of nitrogens with zero attached hydrogens (tertiary/aromatic N) is 5. The average molecular weight is 340 g/mol. The van der Waals surface area contributed by atoms with Gasteiger partial charge >= 0.3 is 0 Å². The van der Waals surface area contributed by atoms with Gasteiger partial charge in [-0.2, -0.15) is 0 Å². The van der Waals surface area contributed by atoms with Gasteiger partial charge < -0.3 is 10.4 Å². The number of benzene rings is 1. The summed E-state index contributed by atoms with van der Waals surface area (Å²) >= 11 is 0. The molecule has 0 saturated carbocycles. The van der Waals surface area contributed by atoms with Crippen LogP contribution < -0.4 is 5.32 Å². The van der Waals surface area contributed by atoms with Crippen molar-refractivity contribution in [1.82, 2.24) is 25.0 Å². The number of aliphatic hydroxyl groups is 1. The van der Waals surface area contributed by atoms with Crippen molar-refractivity contribution in [2.24, 2.45) is 5.92 Å². The molecule has 0 fully saturated rings. The second-order valence-corrected chi connectivity index (χ2v) is 6.48. The lowest BCUT2D eigenvalue weighted by Crippen LogP contribution is -2.20. The van der Waals surface area contributed by atoms with E-state index in [9.17, 15) is 0 Å². The molecule has 1 unspecified atom stereocenters. The summed E-state index contributed by atoms with van der Waals surface area (Å²) in [4.78, 5) is 8.71. The van der Waals surface area contributed by atoms with Gasteiger partial charge in [0.1, 0.15) is 5.52 Å². The Morgan fingerprint density at radius 2 is 2.08 bits per heavy atom. The number of hydrogen-bond donors (Lipinski definition) is 2. The van der Waals surface area contributed by atoms with Crippen LogP contribution in [-0.4, -0.2) is 42.7 Å². The first-order valence-corrected chi connectivity index (χ1v) is 8.64. The predicted molar refractivity (Wildman–Crippen MR) is 98.2 cm³/mol. The molecule has 0 aliphatic carbocycles. The van der Waals surface area contributed by atoms with E-state index in [1.807, 2.05) is 35.9 Å². The molecular formula is C18H24N6O. The summed E-state index contributed by atoms with van der Waals surface area (Å²) in [6.45, 7) is 7.16. The molecule has 2 atom stereocenters. The first kappa shape index (κ1) is 17.3. The van der Waals surface area contributed by atoms with E-state index in [1.54, 1.807) is 6.20 Å². The van der Waals surface area contributed by atoms with Crippen LogP contribution in [0.3, 0.4) is 0 Å². The van der Waals surface area contributed by atoms with Gasteiger partial charge in [0.2, 0.25) is 5.95 Å². The van der Waals surface area contributed by atoms with E-state index in [1.165, 1.54) is 0 Å². The lowest BCUT2D eigenvalue weighted by atomic mass is 10.1. The first-order chi connectivity index (χ1) is 12.1. The van der Waals surface area contributed by atoms with Crippen LogP contribution in [0.25, 0.3) is 22.3 Å². The topological polar surface area (TPSA) is 88.8 Å². The van der Waals surface area contributed by atoms with Crippen molar-refractivity contribution in [2.45, 2.75) is 39.8 Å². The maximum Gasteiger partial charge on any atom is 0.223 e. The van der Waals surface area contributed by atoms with Crippen molar-refractivity contribution >= 4 is 17.0 Å². The summed E-state index contributed by atoms with van der Waals surface area (Å²) in [5.74, 6) is 1.06. The highest BCUT2D eigenvalue weighted by atomic mass is 16.3. The van der Waals surface area contributed by atoms with E-state index in [-0.39, 0.29) is 12.6 Å². The van der Waals surface area contributed by atoms with E-state index in [4.69, 9.17) is 5.11 Å². The summed E-state index contributed by atoms with van der Waals surface area (Å²) in [6, 6.07) is 7.83. The fourth-order valence-electron chi connectivity index (χ4n) is 2.55. The van der Waals surface area contributed by atoms with E-state index in [0.717, 1.165) is 35.3 Å². The third kappa shape index (κ3) is 3.93. The lowest BCUT2D eigenvalue weighted by Gasteiger charge is -2.11. The fraction of sp³-hybridized carbons (Fsp3) is 0.444. The molecule has 2 heterocycles. The zero-order chi connectivity index (χ0) is 17.8. The van der Waals surface area contributed by atoms with Gasteiger partial charge in [-0.05, 0) is 31.0 Å². The summed E-state index contributed by atoms with van der Waals surface area (Å²) in [5, 5.41) is 20.8. The van der Waals surface area contributed by atoms with E-state index in [0.29, 0.717) is 11.9 Å². The minimum absolute atomic E-state index is 0.0266. The maximum absolute atomic E-state index is 9.15. The lowest BCUT2D eigenvalue weighted by molar-refractivity contribution is 0.281. The Bertz CT molecular complexity index is 846. The number of fused-ring (bicyclic) bond motifs is 1. The molecule has 3 aromatic rings. The number of aromatic nitrogens is 5. The molecule has 2 aromatic heterocycles. The SMILES string of the molecule is CCC(C)Cn1nnc2cc(-c3ccnc(N[C@@H](C)CO)n3)ccc21. The van der Waals surface area contributed by atoms with E-state index < -0.39 is 0 Å². The van der Waals surface area contributed by atoms with Gasteiger partial charge in [0, 0.05) is 24.3 Å². The van der Waals surface area contributed by atoms with Gasteiger partial charge in [-0.25, -0.2) is 14.6 Å². The minimum atomic E-state index is -0.0989. The Morgan fingerprint density at radius 3 is 2.84 bits per heavy atom. The zero-order valence-electron chi connectivity index (χ0n) is 14.8. The van der Waals surface area contributed by atoms with Crippen LogP contribution in [0.4, 0.5) is 5.95 Å². The van der Waals surface area contributed by atoms with Crippen LogP contribution >= 0.6 is 0 Å². The summed E-state index contributed by atoms with van der Waals surface area (Å²) < 4.78 is 1.96. The van der Waals surface area contributed by atoms with Gasteiger partial charge in [-0.3, -0.25) is 0 Å². The average Bonchev–Trinajstić information content (AvgIpc) is 3.03. The van der Waals surface area contributed by atoms with Gasteiger partial charge in [0.25, 0.3) is 0 Å². The van der Waals surface area contributed by atoms with E-state index in [2.05, 4.69) is 39.4 Å². The zero-order valence-corrected chi connectivity index (χ0v) is 14.8. The van der Waals surface area contributed by atoms with Crippen molar-refractivity contribution < 1.29 is 5.11 Å². The second-order valence-electron chi connectivity index (χ2n) is 6.48. The third-order valence-corrected chi connectivity index (χ3v) is 4.30. The molecular weight excluding hydrogens is 316 g/mol. The fourth-order valence-corrected chi connectivity index (χ4v) is 2.55. The molecule has 1 aromatic carbocycles. The summed E-state index contributed by atoms with van der Waals surface area (Å²) in [5.41, 5.74) is 3.66. The number of rotatable bonds is 7. The molecule has 0 amide bonds. The summed E-state index contributed by atoms with van der Waals surface area (Å²) in [7, 11) is 0. The van der Waals surface area contributed by atoms with Crippen molar-refractivity contribution in [3.63, 3.8) is 0 Å². The molecule has 0 aliphatic rings. The van der Waals surface area contributed by atoms with Crippen molar-refractivity contribution in [2.75, 3.05) is 11.9 Å². The monoisotopic (exact) mass is 340 g/mol. The molecule has 7 nitrogen and oxygen atoms in total. The van der Waals surface area contributed by atoms with Gasteiger partial charge in [0.05, 0.1) is 17.8 Å². The highest BCUT2D eigenvalue weighted by Gasteiger charge is 2.10. The van der Waals surface area contributed by atoms with Crippen LogP contribution in [0.1, 0.15) is 27.2 Å². The maximum atomic E-state index is 9.15. The standard InChI is InChI=1S/C18H24N6O/c1-4-12(2)10-24-17-6-5-14(9-16(17)22-23-24)15-7-8-19-18(21-15)20-13(3)11-25/h5-9,12-13,25H,4,10-11H2,1-3H3,(H,19,20,21)/t12?,13-/m0/s1. The van der Waals surface area contributed by atoms with Crippen LogP contribution in [0.2, 0.25) is 0 Å². The highest BCUT2D eigenvalue weighted by molar-refractivity contribution is 5.80. The minimum Gasteiger partial charge on any atom is -0.394 e. The van der Waals surface area contributed by atoms with Crippen LogP contribution in [0.15, 0.2) is 30.5 Å². The number of hydrogen-bond acceptors (Lipinski definition) is 6. The molecule has 25 heavy (non-hydrogen) atoms. The Kier molecular flexibility index (Phi) is 5.23. The normalized spacial score (nSPS) is 13.8. The Balaban J connectivity index is 1.88. The Labute approximate surface area is 147 Å². The molecule has 0 aliphatic heterocycles.